The van der Waals surface area contributed by atoms with E-state index in [-0.39, 0.29) is 11.8 Å². The van der Waals surface area contributed by atoms with E-state index in [1.54, 1.807) is 6.92 Å². The van der Waals surface area contributed by atoms with Crippen LogP contribution in [0.4, 0.5) is 5.82 Å². The maximum absolute atomic E-state index is 11.7. The van der Waals surface area contributed by atoms with Crippen molar-refractivity contribution in [3.8, 4) is 11.3 Å². The molecule has 2 aromatic carbocycles. The maximum atomic E-state index is 11.7. The van der Waals surface area contributed by atoms with Crippen LogP contribution in [0.25, 0.3) is 11.3 Å². The van der Waals surface area contributed by atoms with Gasteiger partial charge in [-0.1, -0.05) is 42.5 Å². The number of hydrogen-bond donors (Lipinski definition) is 1. The molecule has 0 saturated carbocycles. The summed E-state index contributed by atoms with van der Waals surface area (Å²) < 4.78 is 0. The number of carbonyl (C=O) groups excluding carboxylic acids is 1. The Bertz CT molecular complexity index is 996. The highest BCUT2D eigenvalue weighted by molar-refractivity contribution is 5.95. The molecule has 1 heterocycles. The highest BCUT2D eigenvalue weighted by Gasteiger charge is 2.20. The first-order valence-electron chi connectivity index (χ1n) is 9.41. The van der Waals surface area contributed by atoms with Gasteiger partial charge in [-0.15, -0.1) is 0 Å². The maximum Gasteiger partial charge on any atom is 0.159 e. The number of benzene rings is 2. The van der Waals surface area contributed by atoms with Gasteiger partial charge in [0.1, 0.15) is 11.6 Å². The van der Waals surface area contributed by atoms with Crippen LogP contribution in [0, 0.1) is 6.92 Å². The molecule has 0 bridgehead atoms. The fraction of sp³-hybridized carbons (Fsp3) is 0.261. The average molecular weight is 357 g/mol. The van der Waals surface area contributed by atoms with Crippen LogP contribution >= 0.6 is 0 Å². The third-order valence-corrected chi connectivity index (χ3v) is 5.09. The molecule has 136 valence electrons. The minimum absolute atomic E-state index is 0.0554. The van der Waals surface area contributed by atoms with Gasteiger partial charge in [0.05, 0.1) is 11.7 Å². The number of fused-ring (bicyclic) bond motifs is 1. The zero-order valence-electron chi connectivity index (χ0n) is 15.7. The quantitative estimate of drug-likeness (QED) is 0.657. The van der Waals surface area contributed by atoms with Crippen LogP contribution in [0.5, 0.6) is 0 Å². The number of nitrogens with one attached hydrogen (secondary N) is 1. The summed E-state index contributed by atoms with van der Waals surface area (Å²) in [4.78, 5) is 20.9. The van der Waals surface area contributed by atoms with Crippen molar-refractivity contribution in [2.45, 2.75) is 39.2 Å². The lowest BCUT2D eigenvalue weighted by Crippen LogP contribution is -2.18. The van der Waals surface area contributed by atoms with E-state index in [9.17, 15) is 4.79 Å². The molecule has 1 N–H and O–H groups in total. The van der Waals surface area contributed by atoms with E-state index in [1.165, 1.54) is 17.5 Å². The number of ketones is 1. The molecule has 27 heavy (non-hydrogen) atoms. The van der Waals surface area contributed by atoms with E-state index >= 15 is 0 Å². The lowest BCUT2D eigenvalue weighted by molar-refractivity contribution is 0.101. The molecule has 1 aliphatic carbocycles. The summed E-state index contributed by atoms with van der Waals surface area (Å²) in [6, 6.07) is 18.5. The van der Waals surface area contributed by atoms with Gasteiger partial charge in [-0.25, -0.2) is 9.97 Å². The number of aromatic nitrogens is 2. The van der Waals surface area contributed by atoms with Crippen molar-refractivity contribution in [1.29, 1.82) is 0 Å². The minimum Gasteiger partial charge on any atom is -0.363 e. The third-order valence-electron chi connectivity index (χ3n) is 5.09. The minimum atomic E-state index is 0.0554. The summed E-state index contributed by atoms with van der Waals surface area (Å²) in [6.45, 7) is 3.48. The molecular weight excluding hydrogens is 334 g/mol. The van der Waals surface area contributed by atoms with Crippen molar-refractivity contribution >= 4 is 11.6 Å². The number of hydrogen-bond acceptors (Lipinski definition) is 4. The van der Waals surface area contributed by atoms with Gasteiger partial charge in [-0.2, -0.15) is 0 Å². The highest BCUT2D eigenvalue weighted by Crippen LogP contribution is 2.32. The Hall–Kier alpha value is -3.01. The first-order valence-corrected chi connectivity index (χ1v) is 9.41. The Morgan fingerprint density at radius 3 is 2.78 bits per heavy atom. The molecule has 4 nitrogen and oxygen atoms in total. The van der Waals surface area contributed by atoms with Crippen LogP contribution in [0.1, 0.15) is 53.1 Å². The molecule has 0 radical (unpaired) electrons. The second-order valence-electron chi connectivity index (χ2n) is 7.11. The second kappa shape index (κ2) is 7.31. The number of anilines is 1. The largest absolute Gasteiger partial charge is 0.363 e. The molecule has 1 aliphatic rings. The highest BCUT2D eigenvalue weighted by atomic mass is 16.1. The van der Waals surface area contributed by atoms with Crippen LogP contribution < -0.4 is 5.32 Å². The molecular formula is C23H23N3O. The Morgan fingerprint density at radius 2 is 1.93 bits per heavy atom. The van der Waals surface area contributed by atoms with Crippen LogP contribution in [0.2, 0.25) is 0 Å². The molecule has 1 aromatic heterocycles. The van der Waals surface area contributed by atoms with Crippen LogP contribution in [-0.4, -0.2) is 15.8 Å². The first-order chi connectivity index (χ1) is 13.1. The molecule has 0 aliphatic heterocycles. The Kier molecular flexibility index (Phi) is 4.71. The van der Waals surface area contributed by atoms with Gasteiger partial charge >= 0.3 is 0 Å². The zero-order chi connectivity index (χ0) is 18.8. The van der Waals surface area contributed by atoms with Gasteiger partial charge in [0.25, 0.3) is 0 Å². The van der Waals surface area contributed by atoms with Crippen LogP contribution in [-0.2, 0) is 6.42 Å². The monoisotopic (exact) mass is 357 g/mol. The smallest absolute Gasteiger partial charge is 0.159 e. The van der Waals surface area contributed by atoms with Gasteiger partial charge in [0, 0.05) is 17.2 Å². The molecule has 0 fully saturated rings. The number of Topliss-reactive ketones (excluding diaryl/α,β-unsaturated/α-hetero) is 1. The van der Waals surface area contributed by atoms with Gasteiger partial charge in [-0.05, 0) is 50.3 Å². The van der Waals surface area contributed by atoms with E-state index < -0.39 is 0 Å². The van der Waals surface area contributed by atoms with E-state index in [0.717, 1.165) is 29.9 Å². The molecule has 0 spiro atoms. The number of nitrogens with zero attached hydrogens (tertiary/aromatic N) is 2. The van der Waals surface area contributed by atoms with E-state index in [2.05, 4.69) is 39.6 Å². The molecule has 0 saturated heterocycles. The number of aryl methyl sites for hydroxylation is 2. The van der Waals surface area contributed by atoms with Gasteiger partial charge < -0.3 is 5.32 Å². The van der Waals surface area contributed by atoms with Gasteiger partial charge in [-0.3, -0.25) is 4.79 Å². The van der Waals surface area contributed by atoms with E-state index in [4.69, 9.17) is 0 Å². The average Bonchev–Trinajstić information content (AvgIpc) is 2.68. The summed E-state index contributed by atoms with van der Waals surface area (Å²) in [5.41, 5.74) is 5.23. The summed E-state index contributed by atoms with van der Waals surface area (Å²) in [6.07, 6.45) is 3.40. The van der Waals surface area contributed by atoms with Crippen molar-refractivity contribution in [3.63, 3.8) is 0 Å². The normalized spacial score (nSPS) is 15.9. The number of carbonyl (C=O) groups is 1. The molecule has 4 rings (SSSR count). The molecule has 4 heteroatoms. The first kappa shape index (κ1) is 17.4. The zero-order valence-corrected chi connectivity index (χ0v) is 15.7. The lowest BCUT2D eigenvalue weighted by Gasteiger charge is -2.27. The molecule has 1 atom stereocenters. The second-order valence-corrected chi connectivity index (χ2v) is 7.11. The van der Waals surface area contributed by atoms with Crippen molar-refractivity contribution < 1.29 is 4.79 Å². The molecule has 0 amide bonds. The lowest BCUT2D eigenvalue weighted by atomic mass is 9.88. The van der Waals surface area contributed by atoms with Crippen molar-refractivity contribution in [2.24, 2.45) is 0 Å². The van der Waals surface area contributed by atoms with Crippen LogP contribution in [0.3, 0.4) is 0 Å². The SMILES string of the molecule is CC(=O)c1cccc(-c2cc(N[C@@H]3CCCc4ccccc43)nc(C)n2)c1. The third kappa shape index (κ3) is 3.75. The van der Waals surface area contributed by atoms with E-state index in [0.29, 0.717) is 11.4 Å². The summed E-state index contributed by atoms with van der Waals surface area (Å²) >= 11 is 0. The number of rotatable bonds is 4. The van der Waals surface area contributed by atoms with Gasteiger partial charge in [0.15, 0.2) is 5.78 Å². The van der Waals surface area contributed by atoms with E-state index in [1.807, 2.05) is 37.3 Å². The van der Waals surface area contributed by atoms with Crippen molar-refractivity contribution in [3.05, 3.63) is 77.1 Å². The predicted molar refractivity (Wildman–Crippen MR) is 108 cm³/mol. The summed E-state index contributed by atoms with van der Waals surface area (Å²) in [5.74, 6) is 1.60. The van der Waals surface area contributed by atoms with Crippen LogP contribution in [0.15, 0.2) is 54.6 Å². The van der Waals surface area contributed by atoms with Gasteiger partial charge in [0.2, 0.25) is 0 Å². The fourth-order valence-corrected chi connectivity index (χ4v) is 3.77. The van der Waals surface area contributed by atoms with Crippen molar-refractivity contribution in [2.75, 3.05) is 5.32 Å². The molecule has 3 aromatic rings. The Labute approximate surface area is 159 Å². The Balaban J connectivity index is 1.66. The van der Waals surface area contributed by atoms with Crippen molar-refractivity contribution in [1.82, 2.24) is 9.97 Å². The standard InChI is InChI=1S/C23H23N3O/c1-15(27)18-9-5-10-19(13-18)22-14-23(25-16(2)24-22)26-21-12-6-8-17-7-3-4-11-20(17)21/h3-5,7,9-11,13-14,21H,6,8,12H2,1-2H3,(H,24,25,26)/t21-/m1/s1. The Morgan fingerprint density at radius 1 is 1.07 bits per heavy atom. The fourth-order valence-electron chi connectivity index (χ4n) is 3.77. The predicted octanol–water partition coefficient (Wildman–Crippen LogP) is 5.14. The summed E-state index contributed by atoms with van der Waals surface area (Å²) in [7, 11) is 0. The molecule has 0 unspecified atom stereocenters. The topological polar surface area (TPSA) is 54.9 Å². The summed E-state index contributed by atoms with van der Waals surface area (Å²) in [5, 5.41) is 3.61.